The molecule has 0 unspecified atom stereocenters. The summed E-state index contributed by atoms with van der Waals surface area (Å²) < 4.78 is 11.9. The highest BCUT2D eigenvalue weighted by Gasteiger charge is 2.22. The smallest absolute Gasteiger partial charge is 0.161 e. The van der Waals surface area contributed by atoms with Crippen LogP contribution in [0.1, 0.15) is 30.5 Å². The molecular weight excluding hydrogens is 336 g/mol. The number of nitrogens with zero attached hydrogens (tertiary/aromatic N) is 1. The summed E-state index contributed by atoms with van der Waals surface area (Å²) in [5.41, 5.74) is 2.40. The lowest BCUT2D eigenvalue weighted by Gasteiger charge is -2.35. The van der Waals surface area contributed by atoms with Crippen molar-refractivity contribution in [2.24, 2.45) is 0 Å². The van der Waals surface area contributed by atoms with Crippen LogP contribution in [0.15, 0.2) is 61.2 Å². The lowest BCUT2D eigenvalue weighted by Crippen LogP contribution is -2.45. The first-order valence-electron chi connectivity index (χ1n) is 9.81. The van der Waals surface area contributed by atoms with Gasteiger partial charge in [0, 0.05) is 32.2 Å². The maximum Gasteiger partial charge on any atom is 0.161 e. The first kappa shape index (κ1) is 19.5. The molecule has 1 saturated heterocycles. The summed E-state index contributed by atoms with van der Waals surface area (Å²) in [7, 11) is 0. The molecule has 0 amide bonds. The Morgan fingerprint density at radius 2 is 1.85 bits per heavy atom. The predicted molar refractivity (Wildman–Crippen MR) is 110 cm³/mol. The van der Waals surface area contributed by atoms with Gasteiger partial charge in [0.2, 0.25) is 0 Å². The molecule has 2 aromatic rings. The number of benzene rings is 2. The normalized spacial score (nSPS) is 15.9. The van der Waals surface area contributed by atoms with Crippen molar-refractivity contribution in [2.45, 2.75) is 26.0 Å². The number of hydrogen-bond donors (Lipinski definition) is 1. The van der Waals surface area contributed by atoms with Crippen molar-refractivity contribution in [1.29, 1.82) is 0 Å². The van der Waals surface area contributed by atoms with Gasteiger partial charge in [-0.05, 0) is 36.6 Å². The minimum absolute atomic E-state index is 0.326. The fourth-order valence-electron chi connectivity index (χ4n) is 3.50. The molecular formula is C23H30N2O2. The topological polar surface area (TPSA) is 33.7 Å². The van der Waals surface area contributed by atoms with Crippen molar-refractivity contribution in [3.05, 3.63) is 72.3 Å². The number of hydrogen-bond acceptors (Lipinski definition) is 4. The van der Waals surface area contributed by atoms with Crippen LogP contribution in [0.4, 0.5) is 0 Å². The van der Waals surface area contributed by atoms with Crippen LogP contribution in [0.2, 0.25) is 0 Å². The van der Waals surface area contributed by atoms with Crippen LogP contribution in [0.25, 0.3) is 0 Å². The second kappa shape index (κ2) is 10.1. The third kappa shape index (κ3) is 5.34. The summed E-state index contributed by atoms with van der Waals surface area (Å²) in [6, 6.07) is 16.9. The Labute approximate surface area is 162 Å². The third-order valence-corrected chi connectivity index (χ3v) is 4.87. The van der Waals surface area contributed by atoms with Crippen LogP contribution in [-0.4, -0.2) is 37.7 Å². The zero-order valence-electron chi connectivity index (χ0n) is 16.2. The zero-order valence-corrected chi connectivity index (χ0v) is 16.2. The first-order chi connectivity index (χ1) is 13.3. The van der Waals surface area contributed by atoms with Gasteiger partial charge in [-0.25, -0.2) is 0 Å². The van der Waals surface area contributed by atoms with Gasteiger partial charge in [0.05, 0.1) is 6.61 Å². The Kier molecular flexibility index (Phi) is 7.31. The van der Waals surface area contributed by atoms with Gasteiger partial charge in [0.15, 0.2) is 11.5 Å². The highest BCUT2D eigenvalue weighted by atomic mass is 16.5. The molecule has 0 radical (unpaired) electrons. The molecule has 4 heteroatoms. The van der Waals surface area contributed by atoms with Gasteiger partial charge in [-0.3, -0.25) is 4.90 Å². The van der Waals surface area contributed by atoms with E-state index < -0.39 is 0 Å². The number of ether oxygens (including phenoxy) is 2. The monoisotopic (exact) mass is 366 g/mol. The zero-order chi connectivity index (χ0) is 18.9. The highest BCUT2D eigenvalue weighted by molar-refractivity contribution is 5.44. The quantitative estimate of drug-likeness (QED) is 0.675. The van der Waals surface area contributed by atoms with Crippen molar-refractivity contribution >= 4 is 0 Å². The second-order valence-electron chi connectivity index (χ2n) is 6.74. The molecule has 2 aromatic carbocycles. The molecule has 1 fully saturated rings. The molecule has 144 valence electrons. The fraction of sp³-hybridized carbons (Fsp3) is 0.391. The Bertz CT molecular complexity index is 712. The molecule has 1 N–H and O–H groups in total. The van der Waals surface area contributed by atoms with Crippen LogP contribution >= 0.6 is 0 Å². The van der Waals surface area contributed by atoms with E-state index in [1.807, 2.05) is 37.3 Å². The van der Waals surface area contributed by atoms with Gasteiger partial charge in [-0.15, -0.1) is 6.58 Å². The van der Waals surface area contributed by atoms with Crippen molar-refractivity contribution in [3.63, 3.8) is 0 Å². The van der Waals surface area contributed by atoms with Crippen molar-refractivity contribution < 1.29 is 9.47 Å². The van der Waals surface area contributed by atoms with E-state index in [-0.39, 0.29) is 0 Å². The maximum atomic E-state index is 6.05. The van der Waals surface area contributed by atoms with E-state index in [0.717, 1.165) is 49.7 Å². The van der Waals surface area contributed by atoms with E-state index in [9.17, 15) is 0 Å². The lowest BCUT2D eigenvalue weighted by molar-refractivity contribution is 0.174. The average Bonchev–Trinajstić information content (AvgIpc) is 2.73. The van der Waals surface area contributed by atoms with Gasteiger partial charge >= 0.3 is 0 Å². The van der Waals surface area contributed by atoms with E-state index >= 15 is 0 Å². The van der Waals surface area contributed by atoms with E-state index in [4.69, 9.17) is 9.47 Å². The first-order valence-corrected chi connectivity index (χ1v) is 9.81. The molecule has 1 atom stereocenters. The summed E-state index contributed by atoms with van der Waals surface area (Å²) in [5.74, 6) is 1.61. The van der Waals surface area contributed by atoms with Crippen LogP contribution in [-0.2, 0) is 6.61 Å². The summed E-state index contributed by atoms with van der Waals surface area (Å²) >= 11 is 0. The maximum absolute atomic E-state index is 6.05. The van der Waals surface area contributed by atoms with Gasteiger partial charge in [-0.2, -0.15) is 0 Å². The molecule has 0 bridgehead atoms. The summed E-state index contributed by atoms with van der Waals surface area (Å²) in [4.78, 5) is 2.52. The van der Waals surface area contributed by atoms with Gasteiger partial charge in [0.1, 0.15) is 6.61 Å². The lowest BCUT2D eigenvalue weighted by atomic mass is 10.0. The molecule has 1 aliphatic rings. The third-order valence-electron chi connectivity index (χ3n) is 4.87. The van der Waals surface area contributed by atoms with E-state index in [2.05, 4.69) is 41.1 Å². The molecule has 0 spiro atoms. The minimum atomic E-state index is 0.326. The van der Waals surface area contributed by atoms with E-state index in [1.165, 1.54) is 5.56 Å². The Hall–Kier alpha value is -2.30. The van der Waals surface area contributed by atoms with Crippen LogP contribution in [0, 0.1) is 0 Å². The molecule has 0 saturated carbocycles. The summed E-state index contributed by atoms with van der Waals surface area (Å²) in [6.07, 6.45) is 2.93. The standard InChI is InChI=1S/C23H30N2O2/c1-3-8-21(25-15-13-24-14-16-25)20-11-12-22(23(17-20)26-4-2)27-18-19-9-6-5-7-10-19/h3,5-7,9-12,17,21,24H,1,4,8,13-16,18H2,2H3/t21-/m1/s1. The number of nitrogens with one attached hydrogen (secondary N) is 1. The van der Waals surface area contributed by atoms with Crippen LogP contribution in [0.5, 0.6) is 11.5 Å². The fourth-order valence-corrected chi connectivity index (χ4v) is 3.50. The van der Waals surface area contributed by atoms with Crippen LogP contribution in [0.3, 0.4) is 0 Å². The molecule has 1 aliphatic heterocycles. The average molecular weight is 367 g/mol. The van der Waals surface area contributed by atoms with Gasteiger partial charge < -0.3 is 14.8 Å². The Balaban J connectivity index is 1.79. The Morgan fingerprint density at radius 1 is 1.07 bits per heavy atom. The predicted octanol–water partition coefficient (Wildman–Crippen LogP) is 4.19. The van der Waals surface area contributed by atoms with Gasteiger partial charge in [-0.1, -0.05) is 42.5 Å². The summed E-state index contributed by atoms with van der Waals surface area (Å²) in [5, 5.41) is 3.42. The molecule has 3 rings (SSSR count). The minimum Gasteiger partial charge on any atom is -0.490 e. The second-order valence-corrected chi connectivity index (χ2v) is 6.74. The van der Waals surface area contributed by atoms with Crippen molar-refractivity contribution in [3.8, 4) is 11.5 Å². The van der Waals surface area contributed by atoms with E-state index in [0.29, 0.717) is 19.3 Å². The molecule has 27 heavy (non-hydrogen) atoms. The number of rotatable bonds is 9. The SMILES string of the molecule is C=CC[C@H](c1ccc(OCc2ccccc2)c(OCC)c1)N1CCNCC1. The molecule has 4 nitrogen and oxygen atoms in total. The van der Waals surface area contributed by atoms with Crippen molar-refractivity contribution in [1.82, 2.24) is 10.2 Å². The summed E-state index contributed by atoms with van der Waals surface area (Å²) in [6.45, 7) is 11.3. The molecule has 0 aliphatic carbocycles. The molecule has 0 aromatic heterocycles. The Morgan fingerprint density at radius 3 is 2.56 bits per heavy atom. The van der Waals surface area contributed by atoms with Crippen LogP contribution < -0.4 is 14.8 Å². The molecule has 1 heterocycles. The number of piperazine rings is 1. The van der Waals surface area contributed by atoms with Crippen molar-refractivity contribution in [2.75, 3.05) is 32.8 Å². The van der Waals surface area contributed by atoms with E-state index in [1.54, 1.807) is 0 Å². The highest BCUT2D eigenvalue weighted by Crippen LogP contribution is 2.34. The van der Waals surface area contributed by atoms with Gasteiger partial charge in [0.25, 0.3) is 0 Å². The largest absolute Gasteiger partial charge is 0.490 e.